The zero-order valence-corrected chi connectivity index (χ0v) is 10.4. The van der Waals surface area contributed by atoms with Gasteiger partial charge in [-0.05, 0) is 31.4 Å². The molecular formula is C13H12ClNO3. The number of rotatable bonds is 1. The number of phenols is 1. The SMILES string of the molecule is O=C1C2CCC(C2)C(=O)N1c1ccc(O)cc1Cl. The van der Waals surface area contributed by atoms with Crippen LogP contribution in [0.25, 0.3) is 0 Å². The van der Waals surface area contributed by atoms with Crippen LogP contribution in [0.5, 0.6) is 5.75 Å². The number of piperidine rings is 1. The fraction of sp³-hybridized carbons (Fsp3) is 0.385. The van der Waals surface area contributed by atoms with E-state index in [1.807, 2.05) is 0 Å². The van der Waals surface area contributed by atoms with Gasteiger partial charge < -0.3 is 5.11 Å². The second-order valence-electron chi connectivity index (χ2n) is 4.85. The molecule has 0 radical (unpaired) electrons. The van der Waals surface area contributed by atoms with Crippen molar-refractivity contribution >= 4 is 29.1 Å². The predicted octanol–water partition coefficient (Wildman–Crippen LogP) is 2.34. The first-order valence-electron chi connectivity index (χ1n) is 5.94. The normalized spacial score (nSPS) is 26.8. The topological polar surface area (TPSA) is 57.6 Å². The Labute approximate surface area is 109 Å². The highest BCUT2D eigenvalue weighted by Gasteiger charge is 2.46. The van der Waals surface area contributed by atoms with E-state index in [4.69, 9.17) is 11.6 Å². The summed E-state index contributed by atoms with van der Waals surface area (Å²) in [7, 11) is 0. The lowest BCUT2D eigenvalue weighted by molar-refractivity contribution is -0.132. The lowest BCUT2D eigenvalue weighted by atomic mass is 9.96. The van der Waals surface area contributed by atoms with Gasteiger partial charge in [0.2, 0.25) is 11.8 Å². The number of amides is 2. The second-order valence-corrected chi connectivity index (χ2v) is 5.26. The molecule has 18 heavy (non-hydrogen) atoms. The van der Waals surface area contributed by atoms with E-state index in [0.717, 1.165) is 12.8 Å². The maximum absolute atomic E-state index is 12.2. The molecule has 1 heterocycles. The van der Waals surface area contributed by atoms with Crippen molar-refractivity contribution in [2.24, 2.45) is 11.8 Å². The van der Waals surface area contributed by atoms with Crippen molar-refractivity contribution in [3.63, 3.8) is 0 Å². The molecule has 2 atom stereocenters. The molecule has 4 nitrogen and oxygen atoms in total. The summed E-state index contributed by atoms with van der Waals surface area (Å²) >= 11 is 6.00. The summed E-state index contributed by atoms with van der Waals surface area (Å²) in [4.78, 5) is 25.6. The van der Waals surface area contributed by atoms with E-state index >= 15 is 0 Å². The minimum atomic E-state index is -0.165. The molecule has 0 aromatic heterocycles. The van der Waals surface area contributed by atoms with Crippen molar-refractivity contribution in [3.05, 3.63) is 23.2 Å². The summed E-state index contributed by atoms with van der Waals surface area (Å²) in [5.74, 6) is -0.429. The summed E-state index contributed by atoms with van der Waals surface area (Å²) in [5.41, 5.74) is 0.376. The van der Waals surface area contributed by atoms with Crippen LogP contribution >= 0.6 is 11.6 Å². The fourth-order valence-electron chi connectivity index (χ4n) is 2.82. The van der Waals surface area contributed by atoms with Crippen molar-refractivity contribution in [1.29, 1.82) is 0 Å². The van der Waals surface area contributed by atoms with Gasteiger partial charge in [0.25, 0.3) is 0 Å². The number of anilines is 1. The molecule has 3 rings (SSSR count). The quantitative estimate of drug-likeness (QED) is 0.793. The smallest absolute Gasteiger partial charge is 0.236 e. The molecule has 0 spiro atoms. The molecule has 1 aromatic rings. The highest BCUT2D eigenvalue weighted by molar-refractivity contribution is 6.35. The average molecular weight is 266 g/mol. The third-order valence-electron chi connectivity index (χ3n) is 3.74. The van der Waals surface area contributed by atoms with Gasteiger partial charge in [-0.25, -0.2) is 4.90 Å². The Morgan fingerprint density at radius 2 is 1.78 bits per heavy atom. The number of aromatic hydroxyl groups is 1. The molecule has 1 N–H and O–H groups in total. The number of nitrogens with zero attached hydrogens (tertiary/aromatic N) is 1. The average Bonchev–Trinajstić information content (AvgIpc) is 2.76. The summed E-state index contributed by atoms with van der Waals surface area (Å²) < 4.78 is 0. The molecular weight excluding hydrogens is 254 g/mol. The van der Waals surface area contributed by atoms with Gasteiger partial charge in [-0.3, -0.25) is 9.59 Å². The monoisotopic (exact) mass is 265 g/mol. The van der Waals surface area contributed by atoms with Gasteiger partial charge in [0.05, 0.1) is 10.7 Å². The van der Waals surface area contributed by atoms with Crippen LogP contribution in [-0.4, -0.2) is 16.9 Å². The number of carbonyl (C=O) groups is 2. The summed E-state index contributed by atoms with van der Waals surface area (Å²) in [6, 6.07) is 4.28. The molecule has 5 heteroatoms. The minimum Gasteiger partial charge on any atom is -0.508 e. The van der Waals surface area contributed by atoms with E-state index in [-0.39, 0.29) is 34.4 Å². The summed E-state index contributed by atoms with van der Waals surface area (Å²) in [6.07, 6.45) is 2.23. The maximum atomic E-state index is 12.2. The van der Waals surface area contributed by atoms with E-state index in [2.05, 4.69) is 0 Å². The molecule has 1 aliphatic heterocycles. The highest BCUT2D eigenvalue weighted by Crippen LogP contribution is 2.42. The Morgan fingerprint density at radius 3 is 2.33 bits per heavy atom. The Bertz CT molecular complexity index is 521. The number of fused-ring (bicyclic) bond motifs is 2. The molecule has 2 aliphatic rings. The van der Waals surface area contributed by atoms with Crippen molar-refractivity contribution in [2.45, 2.75) is 19.3 Å². The van der Waals surface area contributed by atoms with Crippen LogP contribution in [0.4, 0.5) is 5.69 Å². The Hall–Kier alpha value is -1.55. The van der Waals surface area contributed by atoms with E-state index in [1.165, 1.54) is 23.1 Å². The van der Waals surface area contributed by atoms with Crippen molar-refractivity contribution in [2.75, 3.05) is 4.90 Å². The van der Waals surface area contributed by atoms with Crippen molar-refractivity contribution in [3.8, 4) is 5.75 Å². The third kappa shape index (κ3) is 1.60. The van der Waals surface area contributed by atoms with Crippen LogP contribution in [0.1, 0.15) is 19.3 Å². The molecule has 94 valence electrons. The molecule has 1 saturated heterocycles. The first-order chi connectivity index (χ1) is 8.58. The number of benzene rings is 1. The lowest BCUT2D eigenvalue weighted by Gasteiger charge is -2.30. The zero-order chi connectivity index (χ0) is 12.9. The van der Waals surface area contributed by atoms with E-state index in [1.54, 1.807) is 0 Å². The van der Waals surface area contributed by atoms with Gasteiger partial charge in [-0.15, -0.1) is 0 Å². The Kier molecular flexibility index (Phi) is 2.55. The minimum absolute atomic E-state index is 0.0172. The first-order valence-corrected chi connectivity index (χ1v) is 6.32. The van der Waals surface area contributed by atoms with Crippen LogP contribution in [0.15, 0.2) is 18.2 Å². The third-order valence-corrected chi connectivity index (χ3v) is 4.05. The standard InChI is InChI=1S/C13H12ClNO3/c14-10-6-9(16)3-4-11(10)15-12(17)7-1-2-8(5-7)13(15)18/h3-4,6-8,16H,1-2,5H2. The molecule has 1 aliphatic carbocycles. The van der Waals surface area contributed by atoms with Crippen LogP contribution in [0.3, 0.4) is 0 Å². The maximum Gasteiger partial charge on any atom is 0.236 e. The molecule has 2 amide bonds. The van der Waals surface area contributed by atoms with Gasteiger partial charge >= 0.3 is 0 Å². The van der Waals surface area contributed by atoms with Crippen LogP contribution < -0.4 is 4.90 Å². The lowest BCUT2D eigenvalue weighted by Crippen LogP contribution is -2.46. The van der Waals surface area contributed by atoms with Crippen LogP contribution in [-0.2, 0) is 9.59 Å². The van der Waals surface area contributed by atoms with E-state index < -0.39 is 0 Å². The van der Waals surface area contributed by atoms with Gasteiger partial charge in [-0.2, -0.15) is 0 Å². The molecule has 2 bridgehead atoms. The van der Waals surface area contributed by atoms with Crippen LogP contribution in [0, 0.1) is 11.8 Å². The number of carbonyl (C=O) groups excluding carboxylic acids is 2. The number of halogens is 1. The first kappa shape index (κ1) is 11.5. The largest absolute Gasteiger partial charge is 0.508 e. The Morgan fingerprint density at radius 1 is 1.17 bits per heavy atom. The number of hydrogen-bond donors (Lipinski definition) is 1. The van der Waals surface area contributed by atoms with E-state index in [9.17, 15) is 14.7 Å². The molecule has 1 saturated carbocycles. The van der Waals surface area contributed by atoms with E-state index in [0.29, 0.717) is 12.1 Å². The predicted molar refractivity (Wildman–Crippen MR) is 66.4 cm³/mol. The highest BCUT2D eigenvalue weighted by atomic mass is 35.5. The Balaban J connectivity index is 2.05. The van der Waals surface area contributed by atoms with Crippen LogP contribution in [0.2, 0.25) is 5.02 Å². The van der Waals surface area contributed by atoms with Gasteiger partial charge in [0, 0.05) is 17.9 Å². The van der Waals surface area contributed by atoms with Gasteiger partial charge in [-0.1, -0.05) is 11.6 Å². The molecule has 1 aromatic carbocycles. The molecule has 2 unspecified atom stereocenters. The number of phenolic OH excluding ortho intramolecular Hbond substituents is 1. The summed E-state index contributed by atoms with van der Waals surface area (Å²) in [6.45, 7) is 0. The number of imide groups is 1. The number of hydrogen-bond acceptors (Lipinski definition) is 3. The summed E-state index contributed by atoms with van der Waals surface area (Å²) in [5, 5.41) is 9.53. The fourth-order valence-corrected chi connectivity index (χ4v) is 3.08. The van der Waals surface area contributed by atoms with Crippen molar-refractivity contribution < 1.29 is 14.7 Å². The zero-order valence-electron chi connectivity index (χ0n) is 9.60. The second kappa shape index (κ2) is 3.99. The molecule has 2 fully saturated rings. The van der Waals surface area contributed by atoms with Crippen molar-refractivity contribution in [1.82, 2.24) is 0 Å². The van der Waals surface area contributed by atoms with Gasteiger partial charge in [0.1, 0.15) is 5.75 Å². The van der Waals surface area contributed by atoms with Gasteiger partial charge in [0.15, 0.2) is 0 Å².